The Morgan fingerprint density at radius 3 is 2.93 bits per heavy atom. The van der Waals surface area contributed by atoms with Gasteiger partial charge in [-0.3, -0.25) is 4.79 Å². The predicted octanol–water partition coefficient (Wildman–Crippen LogP) is 1.62. The lowest BCUT2D eigenvalue weighted by atomic mass is 10.0. The van der Waals surface area contributed by atoms with E-state index in [-0.39, 0.29) is 11.7 Å². The fourth-order valence-electron chi connectivity index (χ4n) is 1.06. The number of halogens is 2. The van der Waals surface area contributed by atoms with Crippen LogP contribution >= 0.6 is 27.5 Å². The molecule has 1 aromatic heterocycles. The lowest BCUT2D eigenvalue weighted by molar-refractivity contribution is -0.138. The topological polar surface area (TPSA) is 76.2 Å². The Bertz CT molecular complexity index is 359. The van der Waals surface area contributed by atoms with Crippen LogP contribution in [0.3, 0.4) is 0 Å². The molecule has 1 unspecified atom stereocenters. The van der Waals surface area contributed by atoms with E-state index in [9.17, 15) is 4.79 Å². The van der Waals surface area contributed by atoms with E-state index in [4.69, 9.17) is 22.4 Å². The molecular formula is C8H8BrClN2O2. The first-order valence-corrected chi connectivity index (χ1v) is 4.97. The van der Waals surface area contributed by atoms with Crippen molar-refractivity contribution < 1.29 is 9.90 Å². The van der Waals surface area contributed by atoms with Crippen LogP contribution in [-0.2, 0) is 4.79 Å². The zero-order valence-electron chi connectivity index (χ0n) is 7.08. The number of hydrogen-bond acceptors (Lipinski definition) is 3. The number of carboxylic acids is 1. The lowest BCUT2D eigenvalue weighted by Crippen LogP contribution is -2.21. The van der Waals surface area contributed by atoms with Crippen molar-refractivity contribution in [1.29, 1.82) is 0 Å². The minimum atomic E-state index is -0.976. The van der Waals surface area contributed by atoms with E-state index in [0.29, 0.717) is 10.0 Å². The molecule has 0 bridgehead atoms. The van der Waals surface area contributed by atoms with Gasteiger partial charge in [0.1, 0.15) is 5.15 Å². The Labute approximate surface area is 94.2 Å². The van der Waals surface area contributed by atoms with Gasteiger partial charge < -0.3 is 10.8 Å². The van der Waals surface area contributed by atoms with Crippen LogP contribution in [0.4, 0.5) is 0 Å². The molecule has 14 heavy (non-hydrogen) atoms. The maximum atomic E-state index is 10.8. The molecule has 0 aliphatic carbocycles. The van der Waals surface area contributed by atoms with Gasteiger partial charge >= 0.3 is 5.97 Å². The average molecular weight is 280 g/mol. The summed E-state index contributed by atoms with van der Waals surface area (Å²) in [6.45, 7) is 0.0221. The van der Waals surface area contributed by atoms with E-state index in [1.165, 1.54) is 12.3 Å². The molecule has 0 amide bonds. The highest BCUT2D eigenvalue weighted by molar-refractivity contribution is 9.10. The third-order valence-electron chi connectivity index (χ3n) is 1.76. The summed E-state index contributed by atoms with van der Waals surface area (Å²) in [6, 6.07) is 1.50. The van der Waals surface area contributed by atoms with Gasteiger partial charge in [0, 0.05) is 17.2 Å². The SMILES string of the molecule is NCC(C(=O)O)c1cc(Cl)ncc1Br. The molecule has 0 spiro atoms. The molecule has 0 radical (unpaired) electrons. The first-order chi connectivity index (χ1) is 6.56. The van der Waals surface area contributed by atoms with Crippen LogP contribution in [0.25, 0.3) is 0 Å². The smallest absolute Gasteiger partial charge is 0.312 e. The van der Waals surface area contributed by atoms with Crippen molar-refractivity contribution in [2.45, 2.75) is 5.92 Å². The molecular weight excluding hydrogens is 271 g/mol. The van der Waals surface area contributed by atoms with Gasteiger partial charge in [-0.1, -0.05) is 11.6 Å². The van der Waals surface area contributed by atoms with Crippen molar-refractivity contribution in [2.75, 3.05) is 6.54 Å². The van der Waals surface area contributed by atoms with Gasteiger partial charge in [0.15, 0.2) is 0 Å². The molecule has 0 saturated heterocycles. The zero-order chi connectivity index (χ0) is 10.7. The summed E-state index contributed by atoms with van der Waals surface area (Å²) in [7, 11) is 0. The Morgan fingerprint density at radius 2 is 2.43 bits per heavy atom. The second-order valence-corrected chi connectivity index (χ2v) is 3.90. The molecule has 6 heteroatoms. The van der Waals surface area contributed by atoms with Gasteiger partial charge in [-0.05, 0) is 27.6 Å². The highest BCUT2D eigenvalue weighted by atomic mass is 79.9. The van der Waals surface area contributed by atoms with Crippen LogP contribution in [-0.4, -0.2) is 22.6 Å². The normalized spacial score (nSPS) is 12.5. The minimum Gasteiger partial charge on any atom is -0.481 e. The van der Waals surface area contributed by atoms with Crippen LogP contribution in [0, 0.1) is 0 Å². The van der Waals surface area contributed by atoms with Gasteiger partial charge in [-0.2, -0.15) is 0 Å². The van der Waals surface area contributed by atoms with E-state index in [2.05, 4.69) is 20.9 Å². The molecule has 1 rings (SSSR count). The lowest BCUT2D eigenvalue weighted by Gasteiger charge is -2.11. The molecule has 3 N–H and O–H groups in total. The average Bonchev–Trinajstić information content (AvgIpc) is 2.11. The number of carbonyl (C=O) groups is 1. The van der Waals surface area contributed by atoms with Crippen molar-refractivity contribution >= 4 is 33.5 Å². The fraction of sp³-hybridized carbons (Fsp3) is 0.250. The van der Waals surface area contributed by atoms with E-state index < -0.39 is 11.9 Å². The summed E-state index contributed by atoms with van der Waals surface area (Å²) >= 11 is 8.86. The number of carboxylic acid groups (broad SMARTS) is 1. The molecule has 1 heterocycles. The van der Waals surface area contributed by atoms with Gasteiger partial charge in [0.25, 0.3) is 0 Å². The van der Waals surface area contributed by atoms with Crippen LogP contribution in [0.15, 0.2) is 16.7 Å². The Hall–Kier alpha value is -0.650. The summed E-state index contributed by atoms with van der Waals surface area (Å²) in [5, 5.41) is 9.13. The summed E-state index contributed by atoms with van der Waals surface area (Å²) in [5.74, 6) is -1.74. The second kappa shape index (κ2) is 4.72. The molecule has 0 aliphatic rings. The molecule has 0 aliphatic heterocycles. The minimum absolute atomic E-state index is 0.0221. The van der Waals surface area contributed by atoms with Crippen LogP contribution < -0.4 is 5.73 Å². The maximum Gasteiger partial charge on any atom is 0.312 e. The van der Waals surface area contributed by atoms with Gasteiger partial charge in [-0.15, -0.1) is 0 Å². The highest BCUT2D eigenvalue weighted by Crippen LogP contribution is 2.26. The van der Waals surface area contributed by atoms with Crippen molar-refractivity contribution in [2.24, 2.45) is 5.73 Å². The summed E-state index contributed by atoms with van der Waals surface area (Å²) in [5.41, 5.74) is 5.90. The first kappa shape index (κ1) is 11.4. The molecule has 76 valence electrons. The van der Waals surface area contributed by atoms with Crippen molar-refractivity contribution in [3.63, 3.8) is 0 Å². The zero-order valence-corrected chi connectivity index (χ0v) is 9.42. The highest BCUT2D eigenvalue weighted by Gasteiger charge is 2.20. The monoisotopic (exact) mass is 278 g/mol. The van der Waals surface area contributed by atoms with E-state index in [1.54, 1.807) is 0 Å². The first-order valence-electron chi connectivity index (χ1n) is 3.80. The number of nitrogens with two attached hydrogens (primary N) is 1. The third kappa shape index (κ3) is 2.43. The largest absolute Gasteiger partial charge is 0.481 e. The number of aromatic nitrogens is 1. The van der Waals surface area contributed by atoms with Crippen molar-refractivity contribution in [3.05, 3.63) is 27.5 Å². The fourth-order valence-corrected chi connectivity index (χ4v) is 1.71. The van der Waals surface area contributed by atoms with Crippen LogP contribution in [0.2, 0.25) is 5.15 Å². The van der Waals surface area contributed by atoms with Crippen LogP contribution in [0.5, 0.6) is 0 Å². The Morgan fingerprint density at radius 1 is 1.79 bits per heavy atom. The number of hydrogen-bond donors (Lipinski definition) is 2. The summed E-state index contributed by atoms with van der Waals surface area (Å²) in [6.07, 6.45) is 1.46. The van der Waals surface area contributed by atoms with E-state index in [1.807, 2.05) is 0 Å². The number of nitrogens with zero attached hydrogens (tertiary/aromatic N) is 1. The summed E-state index contributed by atoms with van der Waals surface area (Å²) in [4.78, 5) is 14.6. The second-order valence-electron chi connectivity index (χ2n) is 2.66. The molecule has 0 saturated carbocycles. The molecule has 1 atom stereocenters. The number of rotatable bonds is 3. The quantitative estimate of drug-likeness (QED) is 0.825. The predicted molar refractivity (Wildman–Crippen MR) is 56.4 cm³/mol. The summed E-state index contributed by atoms with van der Waals surface area (Å²) < 4.78 is 0.597. The van der Waals surface area contributed by atoms with Gasteiger partial charge in [0.05, 0.1) is 5.92 Å². The van der Waals surface area contributed by atoms with Gasteiger partial charge in [-0.25, -0.2) is 4.98 Å². The standard InChI is InChI=1S/C8H8BrClN2O2/c9-6-3-12-7(10)1-4(6)5(2-11)8(13)14/h1,3,5H,2,11H2,(H,13,14). The maximum absolute atomic E-state index is 10.8. The Kier molecular flexibility index (Phi) is 3.86. The Balaban J connectivity index is 3.15. The van der Waals surface area contributed by atoms with E-state index >= 15 is 0 Å². The number of aliphatic carboxylic acids is 1. The van der Waals surface area contributed by atoms with Crippen molar-refractivity contribution in [1.82, 2.24) is 4.98 Å². The van der Waals surface area contributed by atoms with Gasteiger partial charge in [0.2, 0.25) is 0 Å². The van der Waals surface area contributed by atoms with Crippen LogP contribution in [0.1, 0.15) is 11.5 Å². The molecule has 4 nitrogen and oxygen atoms in total. The third-order valence-corrected chi connectivity index (χ3v) is 2.63. The molecule has 1 aromatic rings. The van der Waals surface area contributed by atoms with E-state index in [0.717, 1.165) is 0 Å². The molecule has 0 aromatic carbocycles. The number of pyridine rings is 1. The molecule has 0 fully saturated rings. The van der Waals surface area contributed by atoms with Crippen molar-refractivity contribution in [3.8, 4) is 0 Å².